The summed E-state index contributed by atoms with van der Waals surface area (Å²) in [6, 6.07) is 20.6. The molecule has 1 aliphatic heterocycles. The molecule has 1 aromatic heterocycles. The van der Waals surface area contributed by atoms with Gasteiger partial charge in [-0.15, -0.1) is 0 Å². The molecule has 0 bridgehead atoms. The van der Waals surface area contributed by atoms with Gasteiger partial charge in [-0.1, -0.05) is 72.8 Å². The highest BCUT2D eigenvalue weighted by atomic mass is 16.4. The molecule has 2 aromatic carbocycles. The molecule has 0 N–H and O–H groups in total. The number of piperazine rings is 1. The molecule has 0 unspecified atom stereocenters. The third kappa shape index (κ3) is 4.94. The van der Waals surface area contributed by atoms with Gasteiger partial charge < -0.3 is 4.42 Å². The zero-order chi connectivity index (χ0) is 18.3. The van der Waals surface area contributed by atoms with Gasteiger partial charge in [-0.2, -0.15) is 0 Å². The van der Waals surface area contributed by atoms with Crippen molar-refractivity contribution in [1.29, 1.82) is 0 Å². The van der Waals surface area contributed by atoms with Crippen molar-refractivity contribution in [3.05, 3.63) is 84.4 Å². The van der Waals surface area contributed by atoms with Crippen molar-refractivity contribution < 1.29 is 4.42 Å². The van der Waals surface area contributed by atoms with Gasteiger partial charge in [0.15, 0.2) is 5.76 Å². The number of rotatable bonds is 6. The molecule has 138 valence electrons. The first kappa shape index (κ1) is 17.7. The maximum absolute atomic E-state index is 5.94. The average molecular weight is 359 g/mol. The Labute approximate surface area is 160 Å². The molecule has 0 aliphatic carbocycles. The standard InChI is InChI=1S/C23H25N3O/c1-3-8-20(9-4-1)10-7-13-25-14-16-26(17-15-25)19-23-24-18-22(27-23)21-11-5-2-6-12-21/h1-12,18H,13-17,19H2/b10-7+. The van der Waals surface area contributed by atoms with E-state index in [2.05, 4.69) is 51.2 Å². The minimum Gasteiger partial charge on any atom is -0.439 e. The predicted octanol–water partition coefficient (Wildman–Crippen LogP) is 4.17. The summed E-state index contributed by atoms with van der Waals surface area (Å²) in [5.74, 6) is 1.64. The number of hydrogen-bond donors (Lipinski definition) is 0. The normalized spacial score (nSPS) is 16.1. The molecule has 4 heteroatoms. The second-order valence-electron chi connectivity index (χ2n) is 6.87. The Balaban J connectivity index is 1.24. The Hall–Kier alpha value is -2.69. The second kappa shape index (κ2) is 8.80. The highest BCUT2D eigenvalue weighted by Crippen LogP contribution is 2.20. The average Bonchev–Trinajstić information content (AvgIpc) is 3.19. The van der Waals surface area contributed by atoms with Crippen LogP contribution in [0.25, 0.3) is 17.4 Å². The largest absolute Gasteiger partial charge is 0.439 e. The van der Waals surface area contributed by atoms with Crippen LogP contribution in [-0.2, 0) is 6.54 Å². The third-order valence-electron chi connectivity index (χ3n) is 4.91. The number of oxazole rings is 1. The van der Waals surface area contributed by atoms with Crippen LogP contribution in [0.3, 0.4) is 0 Å². The van der Waals surface area contributed by atoms with Gasteiger partial charge in [0.1, 0.15) is 0 Å². The van der Waals surface area contributed by atoms with Crippen LogP contribution in [0, 0.1) is 0 Å². The summed E-state index contributed by atoms with van der Waals surface area (Å²) in [5.41, 5.74) is 2.33. The van der Waals surface area contributed by atoms with E-state index in [0.717, 1.165) is 56.5 Å². The highest BCUT2D eigenvalue weighted by Gasteiger charge is 2.18. The van der Waals surface area contributed by atoms with Crippen molar-refractivity contribution in [2.24, 2.45) is 0 Å². The summed E-state index contributed by atoms with van der Waals surface area (Å²) >= 11 is 0. The van der Waals surface area contributed by atoms with E-state index < -0.39 is 0 Å². The lowest BCUT2D eigenvalue weighted by Gasteiger charge is -2.33. The lowest BCUT2D eigenvalue weighted by molar-refractivity contribution is 0.128. The van der Waals surface area contributed by atoms with Crippen LogP contribution < -0.4 is 0 Å². The first-order valence-corrected chi connectivity index (χ1v) is 9.53. The van der Waals surface area contributed by atoms with Crippen molar-refractivity contribution in [2.45, 2.75) is 6.54 Å². The fourth-order valence-corrected chi connectivity index (χ4v) is 3.34. The van der Waals surface area contributed by atoms with Gasteiger partial charge >= 0.3 is 0 Å². The van der Waals surface area contributed by atoms with E-state index in [4.69, 9.17) is 4.42 Å². The molecule has 3 aromatic rings. The zero-order valence-electron chi connectivity index (χ0n) is 15.5. The van der Waals surface area contributed by atoms with Crippen LogP contribution in [0.2, 0.25) is 0 Å². The molecule has 0 amide bonds. The monoisotopic (exact) mass is 359 g/mol. The van der Waals surface area contributed by atoms with E-state index in [1.165, 1.54) is 5.56 Å². The van der Waals surface area contributed by atoms with Gasteiger partial charge in [-0.25, -0.2) is 4.98 Å². The van der Waals surface area contributed by atoms with E-state index in [1.54, 1.807) is 0 Å². The van der Waals surface area contributed by atoms with Crippen LogP contribution in [0.5, 0.6) is 0 Å². The number of nitrogens with zero attached hydrogens (tertiary/aromatic N) is 3. The van der Waals surface area contributed by atoms with E-state index in [9.17, 15) is 0 Å². The molecule has 1 saturated heterocycles. The summed E-state index contributed by atoms with van der Waals surface area (Å²) < 4.78 is 5.94. The fourth-order valence-electron chi connectivity index (χ4n) is 3.34. The molecule has 0 saturated carbocycles. The SMILES string of the molecule is C(=C\c1ccccc1)/CN1CCN(Cc2ncc(-c3ccccc3)o2)CC1. The maximum Gasteiger partial charge on any atom is 0.209 e. The second-order valence-corrected chi connectivity index (χ2v) is 6.87. The van der Waals surface area contributed by atoms with Crippen molar-refractivity contribution in [3.63, 3.8) is 0 Å². The van der Waals surface area contributed by atoms with Gasteiger partial charge in [-0.3, -0.25) is 9.80 Å². The van der Waals surface area contributed by atoms with Gasteiger partial charge in [0, 0.05) is 38.3 Å². The van der Waals surface area contributed by atoms with Gasteiger partial charge in [0.25, 0.3) is 0 Å². The van der Waals surface area contributed by atoms with E-state index in [0.29, 0.717) is 0 Å². The minimum absolute atomic E-state index is 0.778. The lowest BCUT2D eigenvalue weighted by atomic mass is 10.2. The molecule has 0 radical (unpaired) electrons. The summed E-state index contributed by atoms with van der Waals surface area (Å²) in [4.78, 5) is 9.36. The Morgan fingerprint density at radius 2 is 1.52 bits per heavy atom. The molecule has 1 fully saturated rings. The topological polar surface area (TPSA) is 32.5 Å². The van der Waals surface area contributed by atoms with E-state index >= 15 is 0 Å². The van der Waals surface area contributed by atoms with Crippen molar-refractivity contribution in [3.8, 4) is 11.3 Å². The van der Waals surface area contributed by atoms with Crippen molar-refractivity contribution >= 4 is 6.08 Å². The van der Waals surface area contributed by atoms with Crippen LogP contribution in [-0.4, -0.2) is 47.5 Å². The van der Waals surface area contributed by atoms with Gasteiger partial charge in [-0.05, 0) is 5.56 Å². The van der Waals surface area contributed by atoms with Gasteiger partial charge in [0.2, 0.25) is 5.89 Å². The van der Waals surface area contributed by atoms with Crippen LogP contribution in [0.1, 0.15) is 11.5 Å². The van der Waals surface area contributed by atoms with E-state index in [1.807, 2.05) is 42.6 Å². The summed E-state index contributed by atoms with van der Waals surface area (Å²) in [7, 11) is 0. The lowest BCUT2D eigenvalue weighted by Crippen LogP contribution is -2.45. The predicted molar refractivity (Wildman–Crippen MR) is 109 cm³/mol. The molecule has 4 rings (SSSR count). The molecule has 4 nitrogen and oxygen atoms in total. The maximum atomic E-state index is 5.94. The van der Waals surface area contributed by atoms with Crippen molar-refractivity contribution in [1.82, 2.24) is 14.8 Å². The summed E-state index contributed by atoms with van der Waals surface area (Å²) in [6.07, 6.45) is 6.28. The Morgan fingerprint density at radius 1 is 0.852 bits per heavy atom. The fraction of sp³-hybridized carbons (Fsp3) is 0.261. The molecule has 27 heavy (non-hydrogen) atoms. The minimum atomic E-state index is 0.778. The van der Waals surface area contributed by atoms with E-state index in [-0.39, 0.29) is 0 Å². The first-order chi connectivity index (χ1) is 13.4. The molecule has 2 heterocycles. The van der Waals surface area contributed by atoms with Crippen LogP contribution >= 0.6 is 0 Å². The smallest absolute Gasteiger partial charge is 0.209 e. The Morgan fingerprint density at radius 3 is 2.26 bits per heavy atom. The van der Waals surface area contributed by atoms with Crippen molar-refractivity contribution in [2.75, 3.05) is 32.7 Å². The number of hydrogen-bond acceptors (Lipinski definition) is 4. The molecular formula is C23H25N3O. The number of aromatic nitrogens is 1. The Kier molecular flexibility index (Phi) is 5.77. The molecule has 1 aliphatic rings. The summed E-state index contributed by atoms with van der Waals surface area (Å²) in [5, 5.41) is 0. The highest BCUT2D eigenvalue weighted by molar-refractivity contribution is 5.55. The summed E-state index contributed by atoms with van der Waals surface area (Å²) in [6.45, 7) is 6.02. The third-order valence-corrected chi connectivity index (χ3v) is 4.91. The molecule has 0 atom stereocenters. The quantitative estimate of drug-likeness (QED) is 0.661. The van der Waals surface area contributed by atoms with Crippen LogP contribution in [0.15, 0.2) is 77.4 Å². The van der Waals surface area contributed by atoms with Crippen LogP contribution in [0.4, 0.5) is 0 Å². The number of benzene rings is 2. The Bertz CT molecular complexity index is 850. The van der Waals surface area contributed by atoms with Gasteiger partial charge in [0.05, 0.1) is 12.7 Å². The first-order valence-electron chi connectivity index (χ1n) is 9.53. The zero-order valence-corrected chi connectivity index (χ0v) is 15.5. The molecule has 0 spiro atoms. The molecular weight excluding hydrogens is 334 g/mol.